The molecule has 10 nitrogen and oxygen atoms in total. The SMILES string of the molecule is C[C@H]1CC2(CCN(c3ncc(SC4=CC=CN/C4=C\C=N)c4nccn34)CC2NC(=O)OC(C)(C)C)CO1. The molecule has 11 heteroatoms. The van der Waals surface area contributed by atoms with Crippen LogP contribution < -0.4 is 15.5 Å². The number of allylic oxidation sites excluding steroid dienone is 3. The average Bonchev–Trinajstić information content (AvgIpc) is 3.49. The number of nitrogens with zero attached hydrogens (tertiary/aromatic N) is 4. The first kappa shape index (κ1) is 26.3. The minimum atomic E-state index is -0.573. The molecule has 1 spiro atoms. The highest BCUT2D eigenvalue weighted by Gasteiger charge is 2.49. The molecule has 3 aliphatic rings. The average molecular weight is 538 g/mol. The van der Waals surface area contributed by atoms with Crippen molar-refractivity contribution in [1.82, 2.24) is 25.0 Å². The van der Waals surface area contributed by atoms with Crippen molar-refractivity contribution < 1.29 is 14.3 Å². The van der Waals surface area contributed by atoms with Gasteiger partial charge in [-0.25, -0.2) is 14.8 Å². The van der Waals surface area contributed by atoms with Crippen LogP contribution >= 0.6 is 11.8 Å². The molecule has 0 radical (unpaired) electrons. The fourth-order valence-electron chi connectivity index (χ4n) is 5.33. The molecule has 1 amide bonds. The Balaban J connectivity index is 1.41. The number of rotatable bonds is 5. The van der Waals surface area contributed by atoms with Gasteiger partial charge >= 0.3 is 6.09 Å². The first-order chi connectivity index (χ1) is 18.2. The lowest BCUT2D eigenvalue weighted by Gasteiger charge is -2.45. The Morgan fingerprint density at radius 2 is 2.24 bits per heavy atom. The summed E-state index contributed by atoms with van der Waals surface area (Å²) in [6.07, 6.45) is 15.8. The summed E-state index contributed by atoms with van der Waals surface area (Å²) >= 11 is 1.55. The summed E-state index contributed by atoms with van der Waals surface area (Å²) in [5, 5.41) is 13.8. The van der Waals surface area contributed by atoms with Crippen LogP contribution in [0.3, 0.4) is 0 Å². The molecule has 3 atom stereocenters. The van der Waals surface area contributed by atoms with Crippen LogP contribution in [-0.4, -0.2) is 64.1 Å². The van der Waals surface area contributed by atoms with Crippen molar-refractivity contribution in [2.45, 2.75) is 63.2 Å². The first-order valence-corrected chi connectivity index (χ1v) is 13.7. The van der Waals surface area contributed by atoms with E-state index in [2.05, 4.69) is 27.4 Å². The Kier molecular flexibility index (Phi) is 7.23. The molecule has 5 rings (SSSR count). The predicted octanol–water partition coefficient (Wildman–Crippen LogP) is 4.25. The molecule has 0 bridgehead atoms. The number of dihydropyridines is 1. The third kappa shape index (κ3) is 5.44. The molecule has 5 heterocycles. The minimum absolute atomic E-state index is 0.137. The zero-order valence-electron chi connectivity index (χ0n) is 22.2. The number of hydrogen-bond donors (Lipinski definition) is 3. The molecule has 202 valence electrons. The number of thioether (sulfide) groups is 1. The van der Waals surface area contributed by atoms with Gasteiger partial charge in [0.05, 0.1) is 29.3 Å². The zero-order chi connectivity index (χ0) is 26.9. The third-order valence-corrected chi connectivity index (χ3v) is 8.12. The number of amides is 1. The molecule has 0 saturated carbocycles. The normalized spacial score (nSPS) is 26.5. The Hall–Kier alpha value is -3.31. The maximum absolute atomic E-state index is 12.8. The standard InChI is InChI=1S/C27H35N7O3S/c1-18-14-27(17-36-18)8-12-33(16-22(27)32-25(35)37-26(2,3)4)24-31-15-21(23-30-11-13-34(23)24)38-20-6-5-10-29-19(20)7-9-28/h5-7,9-11,13,15,18,22,28-29H,8,12,14,16-17H2,1-4H3,(H,32,35)/b19-7-,28-9?/t18-,22?,27?/m0/s1. The number of imidazole rings is 1. The molecule has 0 aromatic carbocycles. The third-order valence-electron chi connectivity index (χ3n) is 7.04. The van der Waals surface area contributed by atoms with Crippen molar-refractivity contribution in [1.29, 1.82) is 5.41 Å². The van der Waals surface area contributed by atoms with Crippen LogP contribution in [0.5, 0.6) is 0 Å². The van der Waals surface area contributed by atoms with Crippen LogP contribution in [0.4, 0.5) is 10.7 Å². The minimum Gasteiger partial charge on any atom is -0.444 e. The van der Waals surface area contributed by atoms with Gasteiger partial charge in [0.25, 0.3) is 0 Å². The molecule has 2 aromatic rings. The summed E-state index contributed by atoms with van der Waals surface area (Å²) in [6, 6.07) is -0.149. The highest BCUT2D eigenvalue weighted by atomic mass is 32.2. The maximum Gasteiger partial charge on any atom is 0.407 e. The van der Waals surface area contributed by atoms with Gasteiger partial charge in [0.2, 0.25) is 5.95 Å². The van der Waals surface area contributed by atoms with E-state index in [1.807, 2.05) is 55.9 Å². The van der Waals surface area contributed by atoms with E-state index in [1.54, 1.807) is 24.0 Å². The summed E-state index contributed by atoms with van der Waals surface area (Å²) in [7, 11) is 0. The molecule has 2 unspecified atom stereocenters. The molecule has 2 aromatic heterocycles. The van der Waals surface area contributed by atoms with Gasteiger partial charge in [-0.1, -0.05) is 11.8 Å². The number of carbonyl (C=O) groups excluding carboxylic acids is 1. The number of hydrogen-bond acceptors (Lipinski definition) is 9. The number of fused-ring (bicyclic) bond motifs is 1. The topological polar surface area (TPSA) is 117 Å². The van der Waals surface area contributed by atoms with Gasteiger partial charge in [0, 0.05) is 54.4 Å². The van der Waals surface area contributed by atoms with E-state index >= 15 is 0 Å². The monoisotopic (exact) mass is 537 g/mol. The van der Waals surface area contributed by atoms with E-state index in [0.29, 0.717) is 13.2 Å². The Morgan fingerprint density at radius 3 is 2.97 bits per heavy atom. The first-order valence-electron chi connectivity index (χ1n) is 12.9. The van der Waals surface area contributed by atoms with Crippen LogP contribution in [0.15, 0.2) is 58.5 Å². The predicted molar refractivity (Wildman–Crippen MR) is 149 cm³/mol. The van der Waals surface area contributed by atoms with Gasteiger partial charge in [-0.05, 0) is 58.8 Å². The van der Waals surface area contributed by atoms with Crippen molar-refractivity contribution in [2.24, 2.45) is 5.41 Å². The fourth-order valence-corrected chi connectivity index (χ4v) is 6.30. The molecular formula is C27H35N7O3S. The second-order valence-corrected chi connectivity index (χ2v) is 12.1. The Morgan fingerprint density at radius 1 is 1.39 bits per heavy atom. The van der Waals surface area contributed by atoms with Crippen molar-refractivity contribution in [3.8, 4) is 0 Å². The van der Waals surface area contributed by atoms with Crippen molar-refractivity contribution in [3.05, 3.63) is 53.6 Å². The highest BCUT2D eigenvalue weighted by molar-refractivity contribution is 8.03. The number of aromatic nitrogens is 3. The molecule has 2 fully saturated rings. The van der Waals surface area contributed by atoms with Gasteiger partial charge in [-0.3, -0.25) is 4.40 Å². The summed E-state index contributed by atoms with van der Waals surface area (Å²) in [6.45, 7) is 9.71. The van der Waals surface area contributed by atoms with Crippen molar-refractivity contribution in [2.75, 3.05) is 24.6 Å². The Bertz CT molecular complexity index is 1310. The number of carbonyl (C=O) groups is 1. The van der Waals surface area contributed by atoms with Gasteiger partial charge in [-0.2, -0.15) is 0 Å². The molecule has 2 saturated heterocycles. The number of alkyl carbamates (subject to hydrolysis) is 1. The zero-order valence-corrected chi connectivity index (χ0v) is 23.0. The van der Waals surface area contributed by atoms with Crippen LogP contribution in [-0.2, 0) is 9.47 Å². The lowest BCUT2D eigenvalue weighted by Crippen LogP contribution is -2.60. The maximum atomic E-state index is 12.8. The number of ether oxygens (including phenoxy) is 2. The number of piperidine rings is 1. The smallest absolute Gasteiger partial charge is 0.407 e. The van der Waals surface area contributed by atoms with E-state index in [0.717, 1.165) is 46.5 Å². The van der Waals surface area contributed by atoms with Gasteiger partial charge in [0.15, 0.2) is 5.65 Å². The van der Waals surface area contributed by atoms with E-state index in [4.69, 9.17) is 19.9 Å². The molecule has 3 aliphatic heterocycles. The fraction of sp³-hybridized carbons (Fsp3) is 0.481. The Labute approximate surface area is 227 Å². The van der Waals surface area contributed by atoms with Gasteiger partial charge in [0.1, 0.15) is 5.60 Å². The molecule has 38 heavy (non-hydrogen) atoms. The van der Waals surface area contributed by atoms with Crippen LogP contribution in [0.25, 0.3) is 5.65 Å². The number of nitrogens with one attached hydrogen (secondary N) is 3. The lowest BCUT2D eigenvalue weighted by atomic mass is 9.73. The van der Waals surface area contributed by atoms with Crippen LogP contribution in [0.2, 0.25) is 0 Å². The lowest BCUT2D eigenvalue weighted by molar-refractivity contribution is 0.0385. The van der Waals surface area contributed by atoms with Crippen LogP contribution in [0.1, 0.15) is 40.5 Å². The van der Waals surface area contributed by atoms with E-state index in [-0.39, 0.29) is 17.6 Å². The molecular weight excluding hydrogens is 502 g/mol. The summed E-state index contributed by atoms with van der Waals surface area (Å²) < 4.78 is 13.6. The van der Waals surface area contributed by atoms with Gasteiger partial charge in [-0.15, -0.1) is 0 Å². The summed E-state index contributed by atoms with van der Waals surface area (Å²) in [5.41, 5.74) is 0.948. The quantitative estimate of drug-likeness (QED) is 0.485. The van der Waals surface area contributed by atoms with Crippen LogP contribution in [0, 0.1) is 10.8 Å². The molecule has 3 N–H and O–H groups in total. The second-order valence-electron chi connectivity index (χ2n) is 11.0. The van der Waals surface area contributed by atoms with E-state index < -0.39 is 11.7 Å². The van der Waals surface area contributed by atoms with E-state index in [1.165, 1.54) is 6.21 Å². The second kappa shape index (κ2) is 10.5. The molecule has 0 aliphatic carbocycles. The highest BCUT2D eigenvalue weighted by Crippen LogP contribution is 2.43. The summed E-state index contributed by atoms with van der Waals surface area (Å²) in [5.74, 6) is 0.783. The number of anilines is 1. The largest absolute Gasteiger partial charge is 0.444 e. The summed E-state index contributed by atoms with van der Waals surface area (Å²) in [4.78, 5) is 26.4. The van der Waals surface area contributed by atoms with Crippen molar-refractivity contribution in [3.63, 3.8) is 0 Å². The van der Waals surface area contributed by atoms with Gasteiger partial charge < -0.3 is 30.4 Å². The van der Waals surface area contributed by atoms with Crippen molar-refractivity contribution >= 4 is 35.7 Å². The van der Waals surface area contributed by atoms with E-state index in [9.17, 15) is 4.79 Å².